The average Bonchev–Trinajstić information content (AvgIpc) is 3.02. The fourth-order valence-electron chi connectivity index (χ4n) is 1.89. The minimum atomic E-state index is -0.0648. The van der Waals surface area contributed by atoms with Crippen LogP contribution in [0.25, 0.3) is 0 Å². The van der Waals surface area contributed by atoms with Gasteiger partial charge in [-0.1, -0.05) is 32.1 Å². The molecule has 0 bridgehead atoms. The SMILES string of the molecule is Cc1csc(=O)n1CCC(=O)NCc1nc(C(C)(C)C)cs1. The van der Waals surface area contributed by atoms with E-state index in [0.29, 0.717) is 19.5 Å². The summed E-state index contributed by atoms with van der Waals surface area (Å²) in [6.45, 7) is 9.09. The second kappa shape index (κ2) is 6.75. The van der Waals surface area contributed by atoms with E-state index in [1.54, 1.807) is 15.9 Å². The van der Waals surface area contributed by atoms with Crippen LogP contribution < -0.4 is 10.2 Å². The molecular formula is C15H21N3O2S2. The molecule has 1 amide bonds. The van der Waals surface area contributed by atoms with Gasteiger partial charge in [-0.15, -0.1) is 11.3 Å². The van der Waals surface area contributed by atoms with E-state index in [1.807, 2.05) is 17.7 Å². The maximum absolute atomic E-state index is 11.9. The number of nitrogens with zero attached hydrogens (tertiary/aromatic N) is 2. The molecule has 22 heavy (non-hydrogen) atoms. The van der Waals surface area contributed by atoms with Gasteiger partial charge in [-0.25, -0.2) is 4.98 Å². The normalized spacial score (nSPS) is 11.6. The van der Waals surface area contributed by atoms with Crippen molar-refractivity contribution >= 4 is 28.6 Å². The predicted molar refractivity (Wildman–Crippen MR) is 90.6 cm³/mol. The van der Waals surface area contributed by atoms with E-state index in [2.05, 4.69) is 31.1 Å². The van der Waals surface area contributed by atoms with Crippen molar-refractivity contribution in [2.75, 3.05) is 0 Å². The van der Waals surface area contributed by atoms with Gasteiger partial charge < -0.3 is 9.88 Å². The number of carbonyl (C=O) groups is 1. The summed E-state index contributed by atoms with van der Waals surface area (Å²) in [5.41, 5.74) is 1.97. The first-order chi connectivity index (χ1) is 10.3. The molecule has 0 unspecified atom stereocenters. The Balaban J connectivity index is 1.83. The number of hydrogen-bond donors (Lipinski definition) is 1. The lowest BCUT2D eigenvalue weighted by atomic mass is 9.93. The van der Waals surface area contributed by atoms with Crippen LogP contribution in [0.4, 0.5) is 0 Å². The highest BCUT2D eigenvalue weighted by atomic mass is 32.1. The fraction of sp³-hybridized carbons (Fsp3) is 0.533. The van der Waals surface area contributed by atoms with Crippen molar-refractivity contribution in [1.29, 1.82) is 0 Å². The summed E-state index contributed by atoms with van der Waals surface area (Å²) in [4.78, 5) is 28.0. The fourth-order valence-corrected chi connectivity index (χ4v) is 3.61. The molecule has 0 aliphatic carbocycles. The summed E-state index contributed by atoms with van der Waals surface area (Å²) in [6, 6.07) is 0. The number of hydrogen-bond acceptors (Lipinski definition) is 5. The Labute approximate surface area is 138 Å². The van der Waals surface area contributed by atoms with E-state index in [1.165, 1.54) is 11.3 Å². The molecule has 0 aromatic carbocycles. The number of aromatic nitrogens is 2. The van der Waals surface area contributed by atoms with Crippen LogP contribution in [-0.4, -0.2) is 15.5 Å². The summed E-state index contributed by atoms with van der Waals surface area (Å²) >= 11 is 2.73. The van der Waals surface area contributed by atoms with Gasteiger partial charge in [0.2, 0.25) is 5.91 Å². The predicted octanol–water partition coefficient (Wildman–Crippen LogP) is 2.68. The van der Waals surface area contributed by atoms with Crippen LogP contribution in [0.3, 0.4) is 0 Å². The molecule has 1 N–H and O–H groups in total. The first kappa shape index (κ1) is 16.9. The van der Waals surface area contributed by atoms with Gasteiger partial charge in [0.25, 0.3) is 0 Å². The Kier molecular flexibility index (Phi) is 5.18. The average molecular weight is 339 g/mol. The van der Waals surface area contributed by atoms with Crippen LogP contribution in [0, 0.1) is 6.92 Å². The third kappa shape index (κ3) is 4.27. The van der Waals surface area contributed by atoms with Crippen LogP contribution in [-0.2, 0) is 23.3 Å². The molecule has 0 fully saturated rings. The van der Waals surface area contributed by atoms with Gasteiger partial charge in [-0.2, -0.15) is 0 Å². The van der Waals surface area contributed by atoms with Crippen LogP contribution in [0.5, 0.6) is 0 Å². The Hall–Kier alpha value is -1.47. The highest BCUT2D eigenvalue weighted by Crippen LogP contribution is 2.23. The van der Waals surface area contributed by atoms with Crippen molar-refractivity contribution < 1.29 is 4.79 Å². The number of amides is 1. The molecule has 2 aromatic heterocycles. The van der Waals surface area contributed by atoms with E-state index < -0.39 is 0 Å². The van der Waals surface area contributed by atoms with Gasteiger partial charge in [0, 0.05) is 34.8 Å². The van der Waals surface area contributed by atoms with E-state index in [9.17, 15) is 9.59 Å². The Bertz CT molecular complexity index is 707. The molecule has 0 atom stereocenters. The zero-order chi connectivity index (χ0) is 16.3. The van der Waals surface area contributed by atoms with Crippen molar-refractivity contribution in [3.8, 4) is 0 Å². The lowest BCUT2D eigenvalue weighted by molar-refractivity contribution is -0.121. The third-order valence-corrected chi connectivity index (χ3v) is 5.03. The Morgan fingerprint density at radius 1 is 1.32 bits per heavy atom. The van der Waals surface area contributed by atoms with Crippen molar-refractivity contribution in [2.45, 2.75) is 52.6 Å². The topological polar surface area (TPSA) is 64.0 Å². The van der Waals surface area contributed by atoms with Crippen molar-refractivity contribution in [2.24, 2.45) is 0 Å². The van der Waals surface area contributed by atoms with Gasteiger partial charge in [-0.05, 0) is 6.92 Å². The second-order valence-corrected chi connectivity index (χ2v) is 7.96. The van der Waals surface area contributed by atoms with Gasteiger partial charge in [0.1, 0.15) is 5.01 Å². The molecule has 0 aliphatic rings. The van der Waals surface area contributed by atoms with E-state index >= 15 is 0 Å². The molecule has 0 aliphatic heterocycles. The monoisotopic (exact) mass is 339 g/mol. The molecule has 5 nitrogen and oxygen atoms in total. The van der Waals surface area contributed by atoms with Gasteiger partial charge in [0.05, 0.1) is 12.2 Å². The Morgan fingerprint density at radius 2 is 2.05 bits per heavy atom. The van der Waals surface area contributed by atoms with Crippen LogP contribution in [0.15, 0.2) is 15.6 Å². The highest BCUT2D eigenvalue weighted by molar-refractivity contribution is 7.09. The van der Waals surface area contributed by atoms with Gasteiger partial charge in [-0.3, -0.25) is 9.59 Å². The van der Waals surface area contributed by atoms with Crippen molar-refractivity contribution in [3.63, 3.8) is 0 Å². The first-order valence-electron chi connectivity index (χ1n) is 7.14. The molecule has 120 valence electrons. The zero-order valence-corrected chi connectivity index (χ0v) is 14.9. The number of rotatable bonds is 5. The van der Waals surface area contributed by atoms with Crippen LogP contribution >= 0.6 is 22.7 Å². The molecule has 2 aromatic rings. The standard InChI is InChI=1S/C15H21N3O2S2/c1-10-8-22-14(20)18(10)6-5-12(19)16-7-13-17-11(9-21-13)15(2,3)4/h8-9H,5-7H2,1-4H3,(H,16,19). The smallest absolute Gasteiger partial charge is 0.307 e. The largest absolute Gasteiger partial charge is 0.350 e. The molecule has 0 spiro atoms. The molecule has 7 heteroatoms. The molecular weight excluding hydrogens is 318 g/mol. The summed E-state index contributed by atoms with van der Waals surface area (Å²) < 4.78 is 1.63. The summed E-state index contributed by atoms with van der Waals surface area (Å²) in [5, 5.41) is 7.61. The highest BCUT2D eigenvalue weighted by Gasteiger charge is 2.17. The minimum absolute atomic E-state index is 0.0138. The number of carbonyl (C=O) groups excluding carboxylic acids is 1. The maximum Gasteiger partial charge on any atom is 0.307 e. The molecule has 2 rings (SSSR count). The summed E-state index contributed by atoms with van der Waals surface area (Å²) in [6.07, 6.45) is 0.301. The van der Waals surface area contributed by atoms with E-state index in [0.717, 1.165) is 16.4 Å². The first-order valence-corrected chi connectivity index (χ1v) is 8.90. The van der Waals surface area contributed by atoms with Crippen LogP contribution in [0.1, 0.15) is 43.6 Å². The molecule has 2 heterocycles. The lowest BCUT2D eigenvalue weighted by Gasteiger charge is -2.14. The van der Waals surface area contributed by atoms with Gasteiger partial charge >= 0.3 is 4.87 Å². The van der Waals surface area contributed by atoms with E-state index in [-0.39, 0.29) is 16.2 Å². The van der Waals surface area contributed by atoms with Crippen LogP contribution in [0.2, 0.25) is 0 Å². The Morgan fingerprint density at radius 3 is 2.59 bits per heavy atom. The number of nitrogens with one attached hydrogen (secondary N) is 1. The zero-order valence-electron chi connectivity index (χ0n) is 13.3. The minimum Gasteiger partial charge on any atom is -0.350 e. The van der Waals surface area contributed by atoms with Crippen molar-refractivity contribution in [1.82, 2.24) is 14.9 Å². The summed E-state index contributed by atoms with van der Waals surface area (Å²) in [7, 11) is 0. The number of aryl methyl sites for hydroxylation is 1. The van der Waals surface area contributed by atoms with Gasteiger partial charge in [0.15, 0.2) is 0 Å². The second-order valence-electron chi connectivity index (χ2n) is 6.20. The summed E-state index contributed by atoms with van der Waals surface area (Å²) in [5.74, 6) is -0.0648. The molecule has 0 radical (unpaired) electrons. The molecule has 0 saturated carbocycles. The number of thiazole rings is 2. The lowest BCUT2D eigenvalue weighted by Crippen LogP contribution is -2.26. The quantitative estimate of drug-likeness (QED) is 0.911. The maximum atomic E-state index is 11.9. The molecule has 0 saturated heterocycles. The third-order valence-electron chi connectivity index (χ3n) is 3.30. The van der Waals surface area contributed by atoms with E-state index in [4.69, 9.17) is 0 Å². The van der Waals surface area contributed by atoms with Crippen molar-refractivity contribution in [3.05, 3.63) is 36.8 Å².